The van der Waals surface area contributed by atoms with Crippen molar-refractivity contribution in [3.05, 3.63) is 52.8 Å². The Labute approximate surface area is 170 Å². The molecule has 1 saturated heterocycles. The third-order valence-corrected chi connectivity index (χ3v) is 5.92. The summed E-state index contributed by atoms with van der Waals surface area (Å²) in [6.07, 6.45) is 1.71. The van der Waals surface area contributed by atoms with Crippen LogP contribution in [-0.4, -0.2) is 37.3 Å². The number of ether oxygens (including phenoxy) is 2. The summed E-state index contributed by atoms with van der Waals surface area (Å²) in [6.45, 7) is 0.998. The van der Waals surface area contributed by atoms with Crippen LogP contribution in [0.25, 0.3) is 10.2 Å². The molecule has 2 heterocycles. The van der Waals surface area contributed by atoms with Gasteiger partial charge in [-0.2, -0.15) is 0 Å². The number of anilines is 1. The van der Waals surface area contributed by atoms with Gasteiger partial charge in [0.25, 0.3) is 5.91 Å². The first kappa shape index (κ1) is 19.1. The van der Waals surface area contributed by atoms with Crippen molar-refractivity contribution in [3.8, 4) is 5.75 Å². The van der Waals surface area contributed by atoms with Gasteiger partial charge in [-0.15, -0.1) is 0 Å². The van der Waals surface area contributed by atoms with Crippen LogP contribution < -0.4 is 9.64 Å². The number of para-hydroxylation sites is 1. The number of carbonyl (C=O) groups is 1. The molecule has 1 atom stereocenters. The van der Waals surface area contributed by atoms with Gasteiger partial charge in [0.1, 0.15) is 17.1 Å². The van der Waals surface area contributed by atoms with E-state index in [0.717, 1.165) is 12.8 Å². The SMILES string of the molecule is COc1ccc(Cl)cc1C(=O)N(CC1CCCO1)c1nc2c(F)cccc2s1. The number of rotatable bonds is 5. The monoisotopic (exact) mass is 420 g/mol. The number of amides is 1. The molecule has 0 aliphatic carbocycles. The molecule has 1 fully saturated rings. The fourth-order valence-corrected chi connectivity index (χ4v) is 4.41. The summed E-state index contributed by atoms with van der Waals surface area (Å²) in [5, 5.41) is 0.846. The number of halogens is 2. The highest BCUT2D eigenvalue weighted by Gasteiger charge is 2.29. The lowest BCUT2D eigenvalue weighted by molar-refractivity contribution is 0.0915. The summed E-state index contributed by atoms with van der Waals surface area (Å²) in [5.74, 6) is -0.307. The number of hydrogen-bond acceptors (Lipinski definition) is 5. The minimum absolute atomic E-state index is 0.0917. The second kappa shape index (κ2) is 8.03. The number of methoxy groups -OCH3 is 1. The molecule has 1 aliphatic heterocycles. The Bertz CT molecular complexity index is 1020. The highest BCUT2D eigenvalue weighted by molar-refractivity contribution is 7.22. The molecule has 0 N–H and O–H groups in total. The van der Waals surface area contributed by atoms with Crippen molar-refractivity contribution < 1.29 is 18.7 Å². The molecule has 1 amide bonds. The fourth-order valence-electron chi connectivity index (χ4n) is 3.25. The molecule has 1 aliphatic rings. The van der Waals surface area contributed by atoms with Gasteiger partial charge in [0, 0.05) is 11.6 Å². The Morgan fingerprint density at radius 1 is 1.43 bits per heavy atom. The van der Waals surface area contributed by atoms with E-state index >= 15 is 0 Å². The van der Waals surface area contributed by atoms with E-state index in [1.54, 1.807) is 30.3 Å². The first-order valence-electron chi connectivity index (χ1n) is 8.89. The molecule has 3 aromatic rings. The fraction of sp³-hybridized carbons (Fsp3) is 0.300. The molecule has 4 rings (SSSR count). The van der Waals surface area contributed by atoms with Crippen LogP contribution in [0.15, 0.2) is 36.4 Å². The molecule has 8 heteroatoms. The Morgan fingerprint density at radius 3 is 3.00 bits per heavy atom. The summed E-state index contributed by atoms with van der Waals surface area (Å²) < 4.78 is 25.9. The third-order valence-electron chi connectivity index (χ3n) is 4.64. The van der Waals surface area contributed by atoms with Gasteiger partial charge in [0.2, 0.25) is 0 Å². The Morgan fingerprint density at radius 2 is 2.29 bits per heavy atom. The molecule has 2 aromatic carbocycles. The molecule has 1 aromatic heterocycles. The van der Waals surface area contributed by atoms with E-state index in [2.05, 4.69) is 4.98 Å². The molecule has 0 bridgehead atoms. The normalized spacial score (nSPS) is 16.5. The van der Waals surface area contributed by atoms with Gasteiger partial charge < -0.3 is 9.47 Å². The van der Waals surface area contributed by atoms with Gasteiger partial charge in [-0.3, -0.25) is 9.69 Å². The average molecular weight is 421 g/mol. The molecule has 146 valence electrons. The van der Waals surface area contributed by atoms with Gasteiger partial charge in [0.05, 0.1) is 30.0 Å². The number of fused-ring (bicyclic) bond motifs is 1. The summed E-state index contributed by atoms with van der Waals surface area (Å²) in [5.41, 5.74) is 0.582. The molecule has 0 saturated carbocycles. The smallest absolute Gasteiger partial charge is 0.263 e. The lowest BCUT2D eigenvalue weighted by Crippen LogP contribution is -2.37. The van der Waals surface area contributed by atoms with E-state index in [9.17, 15) is 9.18 Å². The summed E-state index contributed by atoms with van der Waals surface area (Å²) >= 11 is 7.38. The molecule has 0 radical (unpaired) electrons. The van der Waals surface area contributed by atoms with Gasteiger partial charge in [0.15, 0.2) is 5.13 Å². The molecule has 1 unspecified atom stereocenters. The van der Waals surface area contributed by atoms with Gasteiger partial charge in [-0.1, -0.05) is 29.0 Å². The van der Waals surface area contributed by atoms with Crippen molar-refractivity contribution >= 4 is 44.2 Å². The Kier molecular flexibility index (Phi) is 5.48. The molecule has 5 nitrogen and oxygen atoms in total. The highest BCUT2D eigenvalue weighted by atomic mass is 35.5. The topological polar surface area (TPSA) is 51.7 Å². The van der Waals surface area contributed by atoms with Crippen LogP contribution in [0.1, 0.15) is 23.2 Å². The van der Waals surface area contributed by atoms with Crippen molar-refractivity contribution in [3.63, 3.8) is 0 Å². The van der Waals surface area contributed by atoms with E-state index < -0.39 is 5.82 Å². The maximum absolute atomic E-state index is 14.1. The number of nitrogens with zero attached hydrogens (tertiary/aromatic N) is 2. The maximum Gasteiger partial charge on any atom is 0.263 e. The molecular formula is C20H18ClFN2O3S. The maximum atomic E-state index is 14.1. The quantitative estimate of drug-likeness (QED) is 0.587. The van der Waals surface area contributed by atoms with Gasteiger partial charge in [-0.25, -0.2) is 9.37 Å². The van der Waals surface area contributed by atoms with Crippen LogP contribution in [-0.2, 0) is 4.74 Å². The largest absolute Gasteiger partial charge is 0.496 e. The standard InChI is InChI=1S/C20H18ClFN2O3S/c1-26-16-8-7-12(21)10-14(16)19(25)24(11-13-4-3-9-27-13)20-23-18-15(22)5-2-6-17(18)28-20/h2,5-8,10,13H,3-4,9,11H2,1H3. The average Bonchev–Trinajstić information content (AvgIpc) is 3.35. The zero-order valence-electron chi connectivity index (χ0n) is 15.2. The summed E-state index contributed by atoms with van der Waals surface area (Å²) in [4.78, 5) is 19.4. The molecule has 28 heavy (non-hydrogen) atoms. The van der Waals surface area contributed by atoms with E-state index in [1.807, 2.05) is 0 Å². The van der Waals surface area contributed by atoms with Crippen LogP contribution >= 0.6 is 22.9 Å². The third kappa shape index (κ3) is 3.70. The number of carbonyl (C=O) groups excluding carboxylic acids is 1. The van der Waals surface area contributed by atoms with E-state index in [0.29, 0.717) is 39.3 Å². The van der Waals surface area contributed by atoms with E-state index in [1.165, 1.54) is 29.4 Å². The highest BCUT2D eigenvalue weighted by Crippen LogP contribution is 2.33. The van der Waals surface area contributed by atoms with Crippen LogP contribution in [0, 0.1) is 5.82 Å². The van der Waals surface area contributed by atoms with Crippen LogP contribution in [0.3, 0.4) is 0 Å². The van der Waals surface area contributed by atoms with Gasteiger partial charge >= 0.3 is 0 Å². The zero-order chi connectivity index (χ0) is 19.7. The van der Waals surface area contributed by atoms with Crippen molar-refractivity contribution in [2.45, 2.75) is 18.9 Å². The van der Waals surface area contributed by atoms with Crippen LogP contribution in [0.4, 0.5) is 9.52 Å². The van der Waals surface area contributed by atoms with E-state index in [4.69, 9.17) is 21.1 Å². The van der Waals surface area contributed by atoms with Crippen molar-refractivity contribution in [2.75, 3.05) is 25.2 Å². The lowest BCUT2D eigenvalue weighted by atomic mass is 10.1. The number of thiazole rings is 1. The van der Waals surface area contributed by atoms with E-state index in [-0.39, 0.29) is 17.5 Å². The number of benzene rings is 2. The second-order valence-electron chi connectivity index (χ2n) is 6.48. The molecule has 0 spiro atoms. The Hall–Kier alpha value is -2.22. The predicted octanol–water partition coefficient (Wildman–Crippen LogP) is 4.92. The first-order valence-corrected chi connectivity index (χ1v) is 10.1. The lowest BCUT2D eigenvalue weighted by Gasteiger charge is -2.24. The summed E-state index contributed by atoms with van der Waals surface area (Å²) in [7, 11) is 1.50. The summed E-state index contributed by atoms with van der Waals surface area (Å²) in [6, 6.07) is 9.66. The second-order valence-corrected chi connectivity index (χ2v) is 7.92. The number of aromatic nitrogens is 1. The number of hydrogen-bond donors (Lipinski definition) is 0. The van der Waals surface area contributed by atoms with Crippen molar-refractivity contribution in [1.29, 1.82) is 0 Å². The minimum Gasteiger partial charge on any atom is -0.496 e. The minimum atomic E-state index is -0.412. The van der Waals surface area contributed by atoms with Gasteiger partial charge in [-0.05, 0) is 43.2 Å². The van der Waals surface area contributed by atoms with Crippen LogP contribution in [0.2, 0.25) is 5.02 Å². The first-order chi connectivity index (χ1) is 13.6. The van der Waals surface area contributed by atoms with Crippen molar-refractivity contribution in [1.82, 2.24) is 4.98 Å². The molecular weight excluding hydrogens is 403 g/mol. The van der Waals surface area contributed by atoms with Crippen LogP contribution in [0.5, 0.6) is 5.75 Å². The Balaban J connectivity index is 1.77. The van der Waals surface area contributed by atoms with Crippen molar-refractivity contribution in [2.24, 2.45) is 0 Å². The predicted molar refractivity (Wildman–Crippen MR) is 108 cm³/mol. The zero-order valence-corrected chi connectivity index (χ0v) is 16.7.